The van der Waals surface area contributed by atoms with E-state index in [2.05, 4.69) is 10.3 Å². The summed E-state index contributed by atoms with van der Waals surface area (Å²) in [5, 5.41) is 7.76. The molecular weight excluding hydrogens is 294 g/mol. The molecule has 0 aliphatic rings. The average molecular weight is 308 g/mol. The van der Waals surface area contributed by atoms with Crippen molar-refractivity contribution in [3.8, 4) is 0 Å². The van der Waals surface area contributed by atoms with Crippen molar-refractivity contribution in [1.82, 2.24) is 19.6 Å². The number of ether oxygens (including phenoxy) is 1. The number of aryl methyl sites for hydroxylation is 1. The summed E-state index contributed by atoms with van der Waals surface area (Å²) < 4.78 is 35.6. The van der Waals surface area contributed by atoms with E-state index in [1.165, 1.54) is 15.3 Å². The molecule has 6 nitrogen and oxygen atoms in total. The van der Waals surface area contributed by atoms with Gasteiger partial charge in [-0.25, -0.2) is 13.5 Å². The molecule has 8 heteroatoms. The topological polar surface area (TPSA) is 61.9 Å². The van der Waals surface area contributed by atoms with E-state index in [1.54, 1.807) is 7.05 Å². The molecule has 3 aromatic rings. The molecule has 0 atom stereocenters. The smallest absolute Gasteiger partial charge is 0.265 e. The summed E-state index contributed by atoms with van der Waals surface area (Å²) in [6.07, 6.45) is 0.773. The minimum atomic E-state index is -1.17. The highest BCUT2D eigenvalue weighted by molar-refractivity contribution is 6.02. The van der Waals surface area contributed by atoms with Crippen LogP contribution in [0.25, 0.3) is 21.9 Å². The second kappa shape index (κ2) is 5.45. The lowest BCUT2D eigenvalue weighted by atomic mass is 10.1. The molecule has 0 amide bonds. The number of nitrogens with zero attached hydrogens (tertiary/aromatic N) is 4. The summed E-state index contributed by atoms with van der Waals surface area (Å²) in [4.78, 5) is 12.5. The van der Waals surface area contributed by atoms with Crippen LogP contribution in [-0.4, -0.2) is 26.2 Å². The number of aromatic nitrogens is 4. The van der Waals surface area contributed by atoms with Crippen LogP contribution < -0.4 is 5.56 Å². The van der Waals surface area contributed by atoms with Gasteiger partial charge in [0.15, 0.2) is 17.3 Å². The summed E-state index contributed by atoms with van der Waals surface area (Å²) in [6, 6.07) is 2.35. The van der Waals surface area contributed by atoms with Crippen LogP contribution in [0.5, 0.6) is 0 Å². The number of halogens is 2. The molecule has 0 radical (unpaired) electrons. The number of pyridine rings is 1. The zero-order chi connectivity index (χ0) is 15.9. The normalized spacial score (nSPS) is 11.6. The molecule has 3 rings (SSSR count). The molecule has 116 valence electrons. The largest absolute Gasteiger partial charge is 0.361 e. The molecule has 0 spiro atoms. The first-order chi connectivity index (χ1) is 10.6. The van der Waals surface area contributed by atoms with E-state index in [9.17, 15) is 13.6 Å². The van der Waals surface area contributed by atoms with Gasteiger partial charge in [0.05, 0.1) is 5.39 Å². The average Bonchev–Trinajstić information content (AvgIpc) is 2.87. The van der Waals surface area contributed by atoms with Crippen LogP contribution in [0.2, 0.25) is 0 Å². The zero-order valence-corrected chi connectivity index (χ0v) is 12.1. The van der Waals surface area contributed by atoms with Crippen LogP contribution in [-0.2, 0) is 18.5 Å². The van der Waals surface area contributed by atoms with Crippen LogP contribution >= 0.6 is 0 Å². The van der Waals surface area contributed by atoms with Crippen molar-refractivity contribution in [2.45, 2.75) is 20.1 Å². The predicted molar refractivity (Wildman–Crippen MR) is 76.4 cm³/mol. The Hall–Kier alpha value is -2.35. The Labute approximate surface area is 123 Å². The third-order valence-electron chi connectivity index (χ3n) is 3.44. The summed E-state index contributed by atoms with van der Waals surface area (Å²) in [5.41, 5.74) is 0.0480. The molecule has 2 heterocycles. The fourth-order valence-electron chi connectivity index (χ4n) is 2.43. The molecule has 0 unspecified atom stereocenters. The van der Waals surface area contributed by atoms with Crippen molar-refractivity contribution in [2.24, 2.45) is 7.05 Å². The number of rotatable bonds is 4. The molecule has 1 aromatic carbocycles. The third-order valence-corrected chi connectivity index (χ3v) is 3.44. The SMILES string of the molecule is CCCOCn1c(=O)c2c(F)c(F)ccc2c2c1nnn2C. The molecule has 0 N–H and O–H groups in total. The molecule has 2 aromatic heterocycles. The van der Waals surface area contributed by atoms with Gasteiger partial charge in [0.1, 0.15) is 12.2 Å². The van der Waals surface area contributed by atoms with Crippen molar-refractivity contribution >= 4 is 21.9 Å². The summed E-state index contributed by atoms with van der Waals surface area (Å²) >= 11 is 0. The lowest BCUT2D eigenvalue weighted by molar-refractivity contribution is 0.0780. The van der Waals surface area contributed by atoms with Crippen molar-refractivity contribution in [2.75, 3.05) is 6.61 Å². The maximum absolute atomic E-state index is 14.1. The molecule has 22 heavy (non-hydrogen) atoms. The molecule has 0 bridgehead atoms. The Morgan fingerprint density at radius 2 is 2.09 bits per heavy atom. The lowest BCUT2D eigenvalue weighted by Crippen LogP contribution is -2.24. The maximum atomic E-state index is 14.1. The van der Waals surface area contributed by atoms with E-state index in [4.69, 9.17) is 4.74 Å². The molecule has 0 aliphatic carbocycles. The highest BCUT2D eigenvalue weighted by atomic mass is 19.2. The van der Waals surface area contributed by atoms with Gasteiger partial charge < -0.3 is 4.74 Å². The molecule has 0 fully saturated rings. The molecule has 0 saturated heterocycles. The van der Waals surface area contributed by atoms with Gasteiger partial charge in [-0.15, -0.1) is 5.10 Å². The van der Waals surface area contributed by atoms with Gasteiger partial charge in [-0.05, 0) is 18.6 Å². The van der Waals surface area contributed by atoms with Crippen LogP contribution in [0.15, 0.2) is 16.9 Å². The second-order valence-electron chi connectivity index (χ2n) is 4.94. The quantitative estimate of drug-likeness (QED) is 0.691. The highest BCUT2D eigenvalue weighted by Gasteiger charge is 2.20. The summed E-state index contributed by atoms with van der Waals surface area (Å²) in [5.74, 6) is -2.24. The van der Waals surface area contributed by atoms with Gasteiger partial charge in [0.2, 0.25) is 0 Å². The molecule has 0 aliphatic heterocycles. The first-order valence-corrected chi connectivity index (χ1v) is 6.84. The van der Waals surface area contributed by atoms with Crippen LogP contribution in [0.3, 0.4) is 0 Å². The van der Waals surface area contributed by atoms with Crippen molar-refractivity contribution in [1.29, 1.82) is 0 Å². The van der Waals surface area contributed by atoms with Crippen molar-refractivity contribution in [3.05, 3.63) is 34.1 Å². The Morgan fingerprint density at radius 3 is 2.82 bits per heavy atom. The van der Waals surface area contributed by atoms with Crippen LogP contribution in [0.4, 0.5) is 8.78 Å². The fraction of sp³-hybridized carbons (Fsp3) is 0.357. The molecular formula is C14H14F2N4O2. The zero-order valence-electron chi connectivity index (χ0n) is 12.1. The van der Waals surface area contributed by atoms with E-state index in [0.29, 0.717) is 12.1 Å². The number of fused-ring (bicyclic) bond motifs is 3. The van der Waals surface area contributed by atoms with Gasteiger partial charge in [0, 0.05) is 19.0 Å². The van der Waals surface area contributed by atoms with Crippen LogP contribution in [0, 0.1) is 11.6 Å². The first kappa shape index (κ1) is 14.6. The lowest BCUT2D eigenvalue weighted by Gasteiger charge is -2.10. The van der Waals surface area contributed by atoms with Crippen LogP contribution in [0.1, 0.15) is 13.3 Å². The number of hydrogen-bond acceptors (Lipinski definition) is 4. The fourth-order valence-corrected chi connectivity index (χ4v) is 2.43. The standard InChI is InChI=1S/C14H14F2N4O2/c1-3-6-22-7-20-13-12(19(2)18-17-13)8-4-5-9(15)11(16)10(8)14(20)21/h4-5H,3,6-7H2,1-2H3. The summed E-state index contributed by atoms with van der Waals surface area (Å²) in [7, 11) is 1.62. The number of benzene rings is 1. The Kier molecular flexibility index (Phi) is 3.61. The van der Waals surface area contributed by atoms with E-state index in [1.807, 2.05) is 6.92 Å². The van der Waals surface area contributed by atoms with Crippen molar-refractivity contribution in [3.63, 3.8) is 0 Å². The second-order valence-corrected chi connectivity index (χ2v) is 4.94. The Balaban J connectivity index is 2.40. The van der Waals surface area contributed by atoms with E-state index < -0.39 is 17.2 Å². The Bertz CT molecular complexity index is 917. The minimum Gasteiger partial charge on any atom is -0.361 e. The van der Waals surface area contributed by atoms with E-state index >= 15 is 0 Å². The maximum Gasteiger partial charge on any atom is 0.265 e. The van der Waals surface area contributed by atoms with Gasteiger partial charge in [-0.2, -0.15) is 0 Å². The van der Waals surface area contributed by atoms with E-state index in [-0.39, 0.29) is 23.2 Å². The van der Waals surface area contributed by atoms with Gasteiger partial charge in [-0.3, -0.25) is 9.36 Å². The van der Waals surface area contributed by atoms with Gasteiger partial charge >= 0.3 is 0 Å². The predicted octanol–water partition coefficient (Wildman–Crippen LogP) is 1.95. The van der Waals surface area contributed by atoms with Gasteiger partial charge in [0.25, 0.3) is 5.56 Å². The minimum absolute atomic E-state index is 0.0895. The number of hydrogen-bond donors (Lipinski definition) is 0. The highest BCUT2D eigenvalue weighted by Crippen LogP contribution is 2.24. The van der Waals surface area contributed by atoms with E-state index in [0.717, 1.165) is 12.5 Å². The molecule has 0 saturated carbocycles. The van der Waals surface area contributed by atoms with Crippen molar-refractivity contribution < 1.29 is 13.5 Å². The summed E-state index contributed by atoms with van der Waals surface area (Å²) in [6.45, 7) is 2.28. The first-order valence-electron chi connectivity index (χ1n) is 6.84. The Morgan fingerprint density at radius 1 is 1.32 bits per heavy atom. The third kappa shape index (κ3) is 2.07. The van der Waals surface area contributed by atoms with Gasteiger partial charge in [-0.1, -0.05) is 12.1 Å². The monoisotopic (exact) mass is 308 g/mol.